The quantitative estimate of drug-likeness (QED) is 0.838. The van der Waals surface area contributed by atoms with Crippen LogP contribution in [0, 0.1) is 6.92 Å². The Kier molecular flexibility index (Phi) is 3.93. The number of methoxy groups -OCH3 is 1. The Hall–Kier alpha value is -1.08. The van der Waals surface area contributed by atoms with Gasteiger partial charge in [0, 0.05) is 0 Å². The lowest BCUT2D eigenvalue weighted by molar-refractivity contribution is 0.0607. The van der Waals surface area contributed by atoms with E-state index in [9.17, 15) is 13.2 Å². The first kappa shape index (κ1) is 13.0. The highest BCUT2D eigenvalue weighted by molar-refractivity contribution is 7.92. The summed E-state index contributed by atoms with van der Waals surface area (Å²) < 4.78 is 29.8. The molecule has 0 fully saturated rings. The lowest BCUT2D eigenvalue weighted by atomic mass is 10.3. The summed E-state index contributed by atoms with van der Waals surface area (Å²) >= 11 is 1.16. The number of esters is 1. The molecule has 0 aromatic carbocycles. The molecule has 7 heteroatoms. The number of carbonyl (C=O) groups excluding carboxylic acids is 1. The smallest absolute Gasteiger partial charge is 0.350 e. The van der Waals surface area contributed by atoms with Gasteiger partial charge in [0.1, 0.15) is 4.88 Å². The molecule has 16 heavy (non-hydrogen) atoms. The van der Waals surface area contributed by atoms with Gasteiger partial charge in [0.15, 0.2) is 0 Å². The van der Waals surface area contributed by atoms with Crippen LogP contribution < -0.4 is 4.72 Å². The number of carbonyl (C=O) groups is 1. The predicted molar refractivity (Wildman–Crippen MR) is 63.5 cm³/mol. The van der Waals surface area contributed by atoms with Crippen LogP contribution in [0.3, 0.4) is 0 Å². The van der Waals surface area contributed by atoms with Crippen molar-refractivity contribution in [2.75, 3.05) is 17.6 Å². The number of rotatable bonds is 4. The molecule has 5 nitrogen and oxygen atoms in total. The maximum Gasteiger partial charge on any atom is 0.350 e. The number of nitrogens with one attached hydrogen (secondary N) is 1. The summed E-state index contributed by atoms with van der Waals surface area (Å²) in [6.45, 7) is 3.26. The highest BCUT2D eigenvalue weighted by atomic mass is 32.2. The molecule has 0 aliphatic carbocycles. The molecular weight excluding hydrogens is 250 g/mol. The second kappa shape index (κ2) is 4.84. The fraction of sp³-hybridized carbons (Fsp3) is 0.444. The van der Waals surface area contributed by atoms with Gasteiger partial charge in [-0.05, 0) is 24.8 Å². The Morgan fingerprint density at radius 3 is 2.69 bits per heavy atom. The van der Waals surface area contributed by atoms with Crippen LogP contribution in [0.5, 0.6) is 0 Å². The number of aryl methyl sites for hydroxylation is 1. The fourth-order valence-corrected chi connectivity index (χ4v) is 2.75. The molecule has 1 heterocycles. The van der Waals surface area contributed by atoms with Gasteiger partial charge in [-0.25, -0.2) is 13.2 Å². The Labute approximate surface area is 98.5 Å². The molecular formula is C9H13NO4S2. The molecule has 0 atom stereocenters. The van der Waals surface area contributed by atoms with Crippen LogP contribution in [0.2, 0.25) is 0 Å². The molecule has 0 saturated heterocycles. The number of sulfonamides is 1. The summed E-state index contributed by atoms with van der Waals surface area (Å²) in [5.74, 6) is -0.574. The predicted octanol–water partition coefficient (Wildman–Crippen LogP) is 1.60. The maximum atomic E-state index is 11.4. The molecule has 1 rings (SSSR count). The molecule has 1 aromatic heterocycles. The van der Waals surface area contributed by atoms with Crippen LogP contribution in [0.25, 0.3) is 0 Å². The van der Waals surface area contributed by atoms with Crippen molar-refractivity contribution in [2.45, 2.75) is 13.8 Å². The summed E-state index contributed by atoms with van der Waals surface area (Å²) in [5.41, 5.74) is 1.03. The Bertz CT molecular complexity index is 490. The third-order valence-corrected chi connectivity index (χ3v) is 4.34. The first-order valence-corrected chi connectivity index (χ1v) is 7.11. The van der Waals surface area contributed by atoms with Crippen molar-refractivity contribution >= 4 is 33.0 Å². The van der Waals surface area contributed by atoms with E-state index in [1.165, 1.54) is 14.0 Å². The van der Waals surface area contributed by atoms with E-state index in [0.29, 0.717) is 11.3 Å². The standard InChI is InChI=1S/C9H13NO4S2/c1-4-16(12,13)10-7-6(2)5-15-8(7)9(11)14-3/h5,10H,4H2,1-3H3. The second-order valence-corrected chi connectivity index (χ2v) is 6.01. The molecule has 90 valence electrons. The molecule has 0 radical (unpaired) electrons. The summed E-state index contributed by atoms with van der Waals surface area (Å²) in [6.07, 6.45) is 0. The van der Waals surface area contributed by atoms with E-state index in [2.05, 4.69) is 9.46 Å². The van der Waals surface area contributed by atoms with Gasteiger partial charge in [-0.2, -0.15) is 0 Å². The van der Waals surface area contributed by atoms with Crippen LogP contribution in [-0.2, 0) is 14.8 Å². The van der Waals surface area contributed by atoms with E-state index in [4.69, 9.17) is 0 Å². The van der Waals surface area contributed by atoms with E-state index >= 15 is 0 Å². The average molecular weight is 263 g/mol. The number of hydrogen-bond donors (Lipinski definition) is 1. The summed E-state index contributed by atoms with van der Waals surface area (Å²) in [5, 5.41) is 1.71. The molecule has 0 aliphatic heterocycles. The van der Waals surface area contributed by atoms with Crippen molar-refractivity contribution in [3.05, 3.63) is 15.8 Å². The minimum Gasteiger partial charge on any atom is -0.465 e. The molecule has 0 spiro atoms. The van der Waals surface area contributed by atoms with Gasteiger partial charge in [0.25, 0.3) is 0 Å². The molecule has 0 saturated carbocycles. The third kappa shape index (κ3) is 2.73. The van der Waals surface area contributed by atoms with Crippen LogP contribution in [0.15, 0.2) is 5.38 Å². The highest BCUT2D eigenvalue weighted by Gasteiger charge is 2.20. The van der Waals surface area contributed by atoms with Crippen molar-refractivity contribution in [3.8, 4) is 0 Å². The first-order chi connectivity index (χ1) is 7.41. The minimum atomic E-state index is -3.38. The van der Waals surface area contributed by atoms with Crippen molar-refractivity contribution in [1.29, 1.82) is 0 Å². The van der Waals surface area contributed by atoms with E-state index < -0.39 is 16.0 Å². The largest absolute Gasteiger partial charge is 0.465 e. The zero-order chi connectivity index (χ0) is 12.3. The number of ether oxygens (including phenoxy) is 1. The lowest BCUT2D eigenvalue weighted by Gasteiger charge is -2.07. The summed E-state index contributed by atoms with van der Waals surface area (Å²) in [6, 6.07) is 0. The summed E-state index contributed by atoms with van der Waals surface area (Å²) in [7, 11) is -2.12. The fourth-order valence-electron chi connectivity index (χ4n) is 1.04. The lowest BCUT2D eigenvalue weighted by Crippen LogP contribution is -2.16. The average Bonchev–Trinajstić information content (AvgIpc) is 2.59. The number of thiophene rings is 1. The van der Waals surface area contributed by atoms with Gasteiger partial charge < -0.3 is 4.74 Å². The van der Waals surface area contributed by atoms with Gasteiger partial charge in [0.05, 0.1) is 18.6 Å². The van der Waals surface area contributed by atoms with Gasteiger partial charge >= 0.3 is 5.97 Å². The van der Waals surface area contributed by atoms with Gasteiger partial charge in [-0.3, -0.25) is 4.72 Å². The molecule has 0 aliphatic rings. The van der Waals surface area contributed by atoms with Gasteiger partial charge in [-0.1, -0.05) is 0 Å². The minimum absolute atomic E-state index is 0.0388. The normalized spacial score (nSPS) is 11.2. The number of hydrogen-bond acceptors (Lipinski definition) is 5. The van der Waals surface area contributed by atoms with Crippen molar-refractivity contribution in [1.82, 2.24) is 0 Å². The second-order valence-electron chi connectivity index (χ2n) is 3.12. The van der Waals surface area contributed by atoms with E-state index in [1.807, 2.05) is 0 Å². The monoisotopic (exact) mass is 263 g/mol. The van der Waals surface area contributed by atoms with Crippen LogP contribution in [0.4, 0.5) is 5.69 Å². The van der Waals surface area contributed by atoms with Crippen molar-refractivity contribution in [2.24, 2.45) is 0 Å². The molecule has 0 bridgehead atoms. The zero-order valence-corrected chi connectivity index (χ0v) is 10.9. The molecule has 0 unspecified atom stereocenters. The Morgan fingerprint density at radius 1 is 1.56 bits per heavy atom. The maximum absolute atomic E-state index is 11.4. The Morgan fingerprint density at radius 2 is 2.19 bits per heavy atom. The number of anilines is 1. The molecule has 1 N–H and O–H groups in total. The topological polar surface area (TPSA) is 72.5 Å². The van der Waals surface area contributed by atoms with Crippen molar-refractivity contribution < 1.29 is 17.9 Å². The van der Waals surface area contributed by atoms with Crippen molar-refractivity contribution in [3.63, 3.8) is 0 Å². The molecule has 0 amide bonds. The van der Waals surface area contributed by atoms with Crippen LogP contribution in [0.1, 0.15) is 22.2 Å². The SMILES string of the molecule is CCS(=O)(=O)Nc1c(C)csc1C(=O)OC. The van der Waals surface area contributed by atoms with Crippen LogP contribution >= 0.6 is 11.3 Å². The first-order valence-electron chi connectivity index (χ1n) is 4.58. The van der Waals surface area contributed by atoms with E-state index in [0.717, 1.165) is 11.3 Å². The molecule has 1 aromatic rings. The van der Waals surface area contributed by atoms with Gasteiger partial charge in [-0.15, -0.1) is 11.3 Å². The highest BCUT2D eigenvalue weighted by Crippen LogP contribution is 2.29. The van der Waals surface area contributed by atoms with E-state index in [1.54, 1.807) is 12.3 Å². The zero-order valence-electron chi connectivity index (χ0n) is 9.23. The summed E-state index contributed by atoms with van der Waals surface area (Å²) in [4.78, 5) is 11.7. The third-order valence-electron chi connectivity index (χ3n) is 1.98. The van der Waals surface area contributed by atoms with Gasteiger partial charge in [0.2, 0.25) is 10.0 Å². The Balaban J connectivity index is 3.13. The van der Waals surface area contributed by atoms with Crippen LogP contribution in [-0.4, -0.2) is 27.2 Å². The van der Waals surface area contributed by atoms with E-state index in [-0.39, 0.29) is 10.6 Å².